The number of nitrogens with one attached hydrogen (secondary N) is 1. The highest BCUT2D eigenvalue weighted by Gasteiger charge is 2.21. The number of aromatic nitrogens is 2. The third kappa shape index (κ3) is 5.31. The molecule has 0 spiro atoms. The highest BCUT2D eigenvalue weighted by molar-refractivity contribution is 7.98. The molecule has 1 fully saturated rings. The van der Waals surface area contributed by atoms with Crippen LogP contribution in [0, 0.1) is 5.82 Å². The molecule has 1 amide bonds. The Morgan fingerprint density at radius 2 is 2.09 bits per heavy atom. The third-order valence-electron chi connectivity index (χ3n) is 5.91. The summed E-state index contributed by atoms with van der Waals surface area (Å²) in [5.74, 6) is 0.360. The predicted molar refractivity (Wildman–Crippen MR) is 131 cm³/mol. The molecule has 2 aromatic heterocycles. The van der Waals surface area contributed by atoms with E-state index in [0.717, 1.165) is 12.8 Å². The molecule has 2 aromatic carbocycles. The number of carbonyl (C=O) groups excluding carboxylic acids is 1. The summed E-state index contributed by atoms with van der Waals surface area (Å²) in [5, 5.41) is 3.69. The van der Waals surface area contributed by atoms with Crippen LogP contribution < -0.4 is 10.9 Å². The van der Waals surface area contributed by atoms with E-state index < -0.39 is 0 Å². The van der Waals surface area contributed by atoms with E-state index in [1.807, 2.05) is 0 Å². The Morgan fingerprint density at radius 1 is 1.20 bits per heavy atom. The zero-order valence-corrected chi connectivity index (χ0v) is 19.7. The normalized spacial score (nSPS) is 15.5. The maximum Gasteiger partial charge on any atom is 0.262 e. The van der Waals surface area contributed by atoms with Crippen molar-refractivity contribution in [2.24, 2.45) is 0 Å². The Morgan fingerprint density at radius 3 is 2.86 bits per heavy atom. The minimum Gasteiger partial charge on any atom is -0.467 e. The summed E-state index contributed by atoms with van der Waals surface area (Å²) in [6, 6.07) is 14.9. The van der Waals surface area contributed by atoms with E-state index in [1.54, 1.807) is 59.4 Å². The first kappa shape index (κ1) is 23.3. The number of nitrogens with zero attached hydrogens (tertiary/aromatic N) is 2. The Labute approximate surface area is 205 Å². The van der Waals surface area contributed by atoms with Crippen molar-refractivity contribution in [1.82, 2.24) is 14.9 Å². The van der Waals surface area contributed by atoms with Crippen molar-refractivity contribution in [3.63, 3.8) is 0 Å². The van der Waals surface area contributed by atoms with Crippen molar-refractivity contribution in [1.29, 1.82) is 0 Å². The number of rotatable bonds is 8. The fraction of sp³-hybridized carbons (Fsp3) is 0.269. The van der Waals surface area contributed by atoms with Crippen LogP contribution in [-0.2, 0) is 23.6 Å². The third-order valence-corrected chi connectivity index (χ3v) is 6.94. The largest absolute Gasteiger partial charge is 0.467 e. The van der Waals surface area contributed by atoms with Gasteiger partial charge in [0.25, 0.3) is 11.5 Å². The maximum atomic E-state index is 14.2. The van der Waals surface area contributed by atoms with E-state index >= 15 is 0 Å². The molecule has 7 nitrogen and oxygen atoms in total. The van der Waals surface area contributed by atoms with Crippen molar-refractivity contribution in [2.45, 2.75) is 42.9 Å². The summed E-state index contributed by atoms with van der Waals surface area (Å²) in [4.78, 5) is 30.8. The van der Waals surface area contributed by atoms with Gasteiger partial charge in [0.05, 0.1) is 36.4 Å². The molecule has 9 heteroatoms. The number of amides is 1. The number of hydrogen-bond donors (Lipinski definition) is 1. The van der Waals surface area contributed by atoms with Crippen molar-refractivity contribution in [3.8, 4) is 0 Å². The zero-order chi connectivity index (χ0) is 24.2. The van der Waals surface area contributed by atoms with Crippen LogP contribution in [0.3, 0.4) is 0 Å². The van der Waals surface area contributed by atoms with Gasteiger partial charge in [-0.3, -0.25) is 14.2 Å². The van der Waals surface area contributed by atoms with Gasteiger partial charge < -0.3 is 14.5 Å². The summed E-state index contributed by atoms with van der Waals surface area (Å²) in [7, 11) is 0. The van der Waals surface area contributed by atoms with Gasteiger partial charge in [0.1, 0.15) is 11.6 Å². The second-order valence-corrected chi connectivity index (χ2v) is 9.26. The lowest BCUT2D eigenvalue weighted by molar-refractivity contribution is 0.0937. The standard InChI is InChI=1S/C26H24FN3O4S/c27-22-8-2-1-5-18(22)16-35-26-29-23-13-17(24(31)28-14-19-6-3-11-33-19)9-10-21(23)25(32)30(26)15-20-7-4-12-34-20/h1-3,5-6,8-11,13,20H,4,7,12,14-16H2,(H,28,31)/t20-/m0/s1. The minimum absolute atomic E-state index is 0.0635. The fourth-order valence-corrected chi connectivity index (χ4v) is 5.04. The summed E-state index contributed by atoms with van der Waals surface area (Å²) in [6.07, 6.45) is 3.31. The molecule has 1 N–H and O–H groups in total. The van der Waals surface area contributed by atoms with Crippen LogP contribution in [0.4, 0.5) is 4.39 Å². The predicted octanol–water partition coefficient (Wildman–Crippen LogP) is 4.53. The van der Waals surface area contributed by atoms with Gasteiger partial charge in [-0.15, -0.1) is 0 Å². The number of halogens is 1. The lowest BCUT2D eigenvalue weighted by Crippen LogP contribution is -2.29. The first-order chi connectivity index (χ1) is 17.1. The molecule has 3 heterocycles. The maximum absolute atomic E-state index is 14.2. The molecule has 1 saturated heterocycles. The second kappa shape index (κ2) is 10.5. The van der Waals surface area contributed by atoms with Crippen LogP contribution >= 0.6 is 11.8 Å². The first-order valence-corrected chi connectivity index (χ1v) is 12.4. The molecule has 0 bridgehead atoms. The zero-order valence-electron chi connectivity index (χ0n) is 18.9. The average molecular weight is 494 g/mol. The summed E-state index contributed by atoms with van der Waals surface area (Å²) < 4.78 is 26.8. The average Bonchev–Trinajstić information content (AvgIpc) is 3.58. The van der Waals surface area contributed by atoms with Gasteiger partial charge in [0.2, 0.25) is 0 Å². The molecular formula is C26H24FN3O4S. The number of thioether (sulfide) groups is 1. The highest BCUT2D eigenvalue weighted by atomic mass is 32.2. The van der Waals surface area contributed by atoms with Crippen molar-refractivity contribution in [3.05, 3.63) is 93.9 Å². The van der Waals surface area contributed by atoms with Crippen molar-refractivity contribution in [2.75, 3.05) is 6.61 Å². The van der Waals surface area contributed by atoms with Crippen LogP contribution in [0.2, 0.25) is 0 Å². The van der Waals surface area contributed by atoms with Gasteiger partial charge in [0.15, 0.2) is 5.16 Å². The number of ether oxygens (including phenoxy) is 1. The van der Waals surface area contributed by atoms with Crippen LogP contribution in [0.15, 0.2) is 75.2 Å². The van der Waals surface area contributed by atoms with Crippen LogP contribution in [0.5, 0.6) is 0 Å². The van der Waals surface area contributed by atoms with E-state index in [-0.39, 0.29) is 29.9 Å². The van der Waals surface area contributed by atoms with E-state index in [4.69, 9.17) is 14.1 Å². The van der Waals surface area contributed by atoms with E-state index in [9.17, 15) is 14.0 Å². The van der Waals surface area contributed by atoms with Crippen molar-refractivity contribution < 1.29 is 18.3 Å². The Bertz CT molecular complexity index is 1400. The SMILES string of the molecule is O=C(NCc1ccco1)c1ccc2c(=O)n(C[C@@H]3CCCO3)c(SCc3ccccc3F)nc2c1. The Kier molecular flexibility index (Phi) is 6.96. The van der Waals surface area contributed by atoms with Crippen LogP contribution in [-0.4, -0.2) is 28.2 Å². The number of carbonyl (C=O) groups is 1. The first-order valence-electron chi connectivity index (χ1n) is 11.4. The number of hydrogen-bond acceptors (Lipinski definition) is 6. The number of furan rings is 1. The highest BCUT2D eigenvalue weighted by Crippen LogP contribution is 2.25. The second-order valence-electron chi connectivity index (χ2n) is 8.32. The van der Waals surface area contributed by atoms with Crippen LogP contribution in [0.25, 0.3) is 10.9 Å². The molecule has 5 rings (SSSR count). The quantitative estimate of drug-likeness (QED) is 0.287. The summed E-state index contributed by atoms with van der Waals surface area (Å²) >= 11 is 1.29. The Hall–Kier alpha value is -3.43. The molecule has 35 heavy (non-hydrogen) atoms. The van der Waals surface area contributed by atoms with Crippen molar-refractivity contribution >= 4 is 28.6 Å². The van der Waals surface area contributed by atoms with E-state index in [1.165, 1.54) is 17.8 Å². The molecule has 0 aliphatic carbocycles. The van der Waals surface area contributed by atoms with Gasteiger partial charge in [-0.25, -0.2) is 9.37 Å². The minimum atomic E-state index is -0.302. The molecule has 0 saturated carbocycles. The molecule has 0 radical (unpaired) electrons. The summed E-state index contributed by atoms with van der Waals surface area (Å²) in [5.41, 5.74) is 1.13. The lowest BCUT2D eigenvalue weighted by atomic mass is 10.1. The smallest absolute Gasteiger partial charge is 0.262 e. The van der Waals surface area contributed by atoms with Gasteiger partial charge in [-0.1, -0.05) is 30.0 Å². The molecule has 180 valence electrons. The topological polar surface area (TPSA) is 86.4 Å². The summed E-state index contributed by atoms with van der Waals surface area (Å²) in [6.45, 7) is 1.31. The molecule has 0 unspecified atom stereocenters. The van der Waals surface area contributed by atoms with Crippen LogP contribution in [0.1, 0.15) is 34.5 Å². The molecule has 4 aromatic rings. The lowest BCUT2D eigenvalue weighted by Gasteiger charge is -2.17. The molecule has 1 aliphatic heterocycles. The van der Waals surface area contributed by atoms with Gasteiger partial charge >= 0.3 is 0 Å². The number of fused-ring (bicyclic) bond motifs is 1. The molecule has 1 aliphatic rings. The monoisotopic (exact) mass is 493 g/mol. The van der Waals surface area contributed by atoms with Gasteiger partial charge in [-0.2, -0.15) is 0 Å². The van der Waals surface area contributed by atoms with Gasteiger partial charge in [0, 0.05) is 17.9 Å². The molecule has 1 atom stereocenters. The Balaban J connectivity index is 1.46. The van der Waals surface area contributed by atoms with E-state index in [0.29, 0.717) is 51.9 Å². The number of benzene rings is 2. The van der Waals surface area contributed by atoms with Gasteiger partial charge in [-0.05, 0) is 54.8 Å². The van der Waals surface area contributed by atoms with E-state index in [2.05, 4.69) is 5.32 Å². The molecular weight excluding hydrogens is 469 g/mol. The fourth-order valence-electron chi connectivity index (χ4n) is 4.05.